The maximum Gasteiger partial charge on any atom is 0.322 e. The molecule has 0 bridgehead atoms. The van der Waals surface area contributed by atoms with E-state index < -0.39 is 0 Å². The standard InChI is InChI=1S/C8H13NO2/c1-3-6-4-7(9-5-6)8(10)11-2/h3,6-7,9H,1,4-5H2,2H3/t6-,7+/m1/s1. The Morgan fingerprint density at radius 3 is 3.00 bits per heavy atom. The molecule has 0 unspecified atom stereocenters. The van der Waals surface area contributed by atoms with Gasteiger partial charge in [-0.3, -0.25) is 4.79 Å². The van der Waals surface area contributed by atoms with Gasteiger partial charge in [0.25, 0.3) is 0 Å². The van der Waals surface area contributed by atoms with Crippen molar-refractivity contribution in [2.75, 3.05) is 13.7 Å². The van der Waals surface area contributed by atoms with Crippen LogP contribution in [0.25, 0.3) is 0 Å². The van der Waals surface area contributed by atoms with Crippen molar-refractivity contribution in [2.24, 2.45) is 5.92 Å². The summed E-state index contributed by atoms with van der Waals surface area (Å²) in [6, 6.07) is -0.122. The zero-order chi connectivity index (χ0) is 8.27. The van der Waals surface area contributed by atoms with Crippen LogP contribution in [0.2, 0.25) is 0 Å². The van der Waals surface area contributed by atoms with Gasteiger partial charge >= 0.3 is 5.97 Å². The smallest absolute Gasteiger partial charge is 0.322 e. The zero-order valence-corrected chi connectivity index (χ0v) is 6.67. The highest BCUT2D eigenvalue weighted by atomic mass is 16.5. The van der Waals surface area contributed by atoms with Crippen LogP contribution in [-0.4, -0.2) is 25.7 Å². The molecular formula is C8H13NO2. The Balaban J connectivity index is 2.41. The van der Waals surface area contributed by atoms with Crippen LogP contribution in [0.1, 0.15) is 6.42 Å². The van der Waals surface area contributed by atoms with E-state index in [9.17, 15) is 4.79 Å². The van der Waals surface area contributed by atoms with Crippen LogP contribution in [-0.2, 0) is 9.53 Å². The molecule has 0 aromatic heterocycles. The molecule has 1 rings (SSSR count). The van der Waals surface area contributed by atoms with Gasteiger partial charge in [-0.2, -0.15) is 0 Å². The summed E-state index contributed by atoms with van der Waals surface area (Å²) >= 11 is 0. The molecule has 0 aromatic rings. The minimum Gasteiger partial charge on any atom is -0.468 e. The average molecular weight is 155 g/mol. The topological polar surface area (TPSA) is 38.3 Å². The van der Waals surface area contributed by atoms with E-state index in [-0.39, 0.29) is 12.0 Å². The number of nitrogens with one attached hydrogen (secondary N) is 1. The summed E-state index contributed by atoms with van der Waals surface area (Å²) in [6.45, 7) is 4.51. The molecular weight excluding hydrogens is 142 g/mol. The third-order valence-electron chi connectivity index (χ3n) is 1.98. The fraction of sp³-hybridized carbons (Fsp3) is 0.625. The van der Waals surface area contributed by atoms with Crippen LogP contribution >= 0.6 is 0 Å². The molecule has 1 N–H and O–H groups in total. The lowest BCUT2D eigenvalue weighted by Gasteiger charge is -2.05. The van der Waals surface area contributed by atoms with Crippen LogP contribution in [0.5, 0.6) is 0 Å². The molecule has 0 saturated carbocycles. The van der Waals surface area contributed by atoms with Gasteiger partial charge in [0.1, 0.15) is 6.04 Å². The number of esters is 1. The molecule has 3 nitrogen and oxygen atoms in total. The van der Waals surface area contributed by atoms with Crippen molar-refractivity contribution in [1.82, 2.24) is 5.32 Å². The molecule has 11 heavy (non-hydrogen) atoms. The largest absolute Gasteiger partial charge is 0.468 e. The lowest BCUT2D eigenvalue weighted by atomic mass is 10.1. The first-order chi connectivity index (χ1) is 5.27. The molecule has 0 aliphatic carbocycles. The first-order valence-corrected chi connectivity index (χ1v) is 3.71. The first kappa shape index (κ1) is 8.27. The molecule has 1 aliphatic heterocycles. The van der Waals surface area contributed by atoms with Gasteiger partial charge in [-0.05, 0) is 12.3 Å². The molecule has 0 radical (unpaired) electrons. The van der Waals surface area contributed by atoms with Gasteiger partial charge in [0.2, 0.25) is 0 Å². The lowest BCUT2D eigenvalue weighted by molar-refractivity contribution is -0.142. The van der Waals surface area contributed by atoms with Crippen molar-refractivity contribution in [2.45, 2.75) is 12.5 Å². The first-order valence-electron chi connectivity index (χ1n) is 3.71. The van der Waals surface area contributed by atoms with Crippen molar-refractivity contribution < 1.29 is 9.53 Å². The summed E-state index contributed by atoms with van der Waals surface area (Å²) in [6.07, 6.45) is 2.69. The van der Waals surface area contributed by atoms with Gasteiger partial charge in [-0.1, -0.05) is 6.08 Å². The van der Waals surface area contributed by atoms with Crippen molar-refractivity contribution >= 4 is 5.97 Å². The van der Waals surface area contributed by atoms with Crippen LogP contribution < -0.4 is 5.32 Å². The van der Waals surface area contributed by atoms with E-state index >= 15 is 0 Å². The van der Waals surface area contributed by atoms with Gasteiger partial charge in [0, 0.05) is 6.54 Å². The van der Waals surface area contributed by atoms with Crippen LogP contribution in [0, 0.1) is 5.92 Å². The summed E-state index contributed by atoms with van der Waals surface area (Å²) in [5.41, 5.74) is 0. The molecule has 0 amide bonds. The Morgan fingerprint density at radius 2 is 2.55 bits per heavy atom. The predicted molar refractivity (Wildman–Crippen MR) is 42.1 cm³/mol. The highest BCUT2D eigenvalue weighted by Crippen LogP contribution is 2.14. The van der Waals surface area contributed by atoms with E-state index in [1.807, 2.05) is 6.08 Å². The van der Waals surface area contributed by atoms with Crippen LogP contribution in [0.4, 0.5) is 0 Å². The molecule has 0 spiro atoms. The second kappa shape index (κ2) is 3.53. The predicted octanol–water partition coefficient (Wildman–Crippen LogP) is 0.323. The Bertz CT molecular complexity index is 167. The Labute approximate surface area is 66.4 Å². The third kappa shape index (κ3) is 1.80. The summed E-state index contributed by atoms with van der Waals surface area (Å²) < 4.78 is 4.59. The average Bonchev–Trinajstić information content (AvgIpc) is 2.50. The van der Waals surface area contributed by atoms with Gasteiger partial charge in [-0.15, -0.1) is 6.58 Å². The van der Waals surface area contributed by atoms with Gasteiger partial charge in [0.15, 0.2) is 0 Å². The number of ether oxygens (including phenoxy) is 1. The van der Waals surface area contributed by atoms with Crippen molar-refractivity contribution in [3.8, 4) is 0 Å². The number of rotatable bonds is 2. The molecule has 3 heteroatoms. The van der Waals surface area contributed by atoms with Crippen LogP contribution in [0.15, 0.2) is 12.7 Å². The van der Waals surface area contributed by atoms with E-state index in [2.05, 4.69) is 16.6 Å². The fourth-order valence-electron chi connectivity index (χ4n) is 1.26. The summed E-state index contributed by atoms with van der Waals surface area (Å²) in [4.78, 5) is 11.0. The maximum atomic E-state index is 11.0. The van der Waals surface area contributed by atoms with E-state index in [4.69, 9.17) is 0 Å². The Kier molecular flexibility index (Phi) is 2.65. The number of carbonyl (C=O) groups is 1. The molecule has 1 saturated heterocycles. The van der Waals surface area contributed by atoms with E-state index in [0.29, 0.717) is 5.92 Å². The molecule has 0 aromatic carbocycles. The molecule has 1 heterocycles. The van der Waals surface area contributed by atoms with Crippen molar-refractivity contribution in [3.63, 3.8) is 0 Å². The minimum atomic E-state index is -0.172. The second-order valence-corrected chi connectivity index (χ2v) is 2.72. The lowest BCUT2D eigenvalue weighted by Crippen LogP contribution is -2.31. The van der Waals surface area contributed by atoms with Gasteiger partial charge in [0.05, 0.1) is 7.11 Å². The number of carbonyl (C=O) groups excluding carboxylic acids is 1. The highest BCUT2D eigenvalue weighted by Gasteiger charge is 2.27. The van der Waals surface area contributed by atoms with Gasteiger partial charge in [-0.25, -0.2) is 0 Å². The third-order valence-corrected chi connectivity index (χ3v) is 1.98. The minimum absolute atomic E-state index is 0.122. The Morgan fingerprint density at radius 1 is 1.82 bits per heavy atom. The summed E-state index contributed by atoms with van der Waals surface area (Å²) in [7, 11) is 1.41. The molecule has 2 atom stereocenters. The van der Waals surface area contributed by atoms with Gasteiger partial charge < -0.3 is 10.1 Å². The monoisotopic (exact) mass is 155 g/mol. The van der Waals surface area contributed by atoms with E-state index in [0.717, 1.165) is 13.0 Å². The van der Waals surface area contributed by atoms with Crippen LogP contribution in [0.3, 0.4) is 0 Å². The fourth-order valence-corrected chi connectivity index (χ4v) is 1.26. The number of methoxy groups -OCH3 is 1. The summed E-state index contributed by atoms with van der Waals surface area (Å²) in [5, 5.41) is 3.06. The molecule has 1 fully saturated rings. The van der Waals surface area contributed by atoms with E-state index in [1.165, 1.54) is 7.11 Å². The normalized spacial score (nSPS) is 29.9. The summed E-state index contributed by atoms with van der Waals surface area (Å²) in [5.74, 6) is 0.244. The van der Waals surface area contributed by atoms with E-state index in [1.54, 1.807) is 0 Å². The maximum absolute atomic E-state index is 11.0. The SMILES string of the molecule is C=C[C@H]1CN[C@H](C(=O)OC)C1. The molecule has 62 valence electrons. The van der Waals surface area contributed by atoms with Crippen molar-refractivity contribution in [3.05, 3.63) is 12.7 Å². The zero-order valence-electron chi connectivity index (χ0n) is 6.67. The molecule has 1 aliphatic rings. The number of hydrogen-bond donors (Lipinski definition) is 1. The van der Waals surface area contributed by atoms with Crippen molar-refractivity contribution in [1.29, 1.82) is 0 Å². The Hall–Kier alpha value is -0.830. The quantitative estimate of drug-likeness (QED) is 0.461. The second-order valence-electron chi connectivity index (χ2n) is 2.72. The highest BCUT2D eigenvalue weighted by molar-refractivity contribution is 5.76. The number of hydrogen-bond acceptors (Lipinski definition) is 3.